The number of aliphatic hydroxyl groups is 1. The average molecular weight is 438 g/mol. The molecule has 2 aliphatic rings. The summed E-state index contributed by atoms with van der Waals surface area (Å²) in [6.07, 6.45) is 3.75. The Morgan fingerprint density at radius 1 is 1.33 bits per heavy atom. The predicted octanol–water partition coefficient (Wildman–Crippen LogP) is 3.24. The molecule has 2 atom stereocenters. The van der Waals surface area contributed by atoms with Crippen molar-refractivity contribution in [1.82, 2.24) is 14.6 Å². The largest absolute Gasteiger partial charge is 0.598 e. The normalized spacial score (nSPS) is 22.1. The number of nitrogens with zero attached hydrogens (tertiary/aromatic N) is 2. The summed E-state index contributed by atoms with van der Waals surface area (Å²) < 4.78 is 21.5. The number of carbonyl (C=O) groups excluding carboxylic acids is 1. The van der Waals surface area contributed by atoms with Gasteiger partial charge in [-0.2, -0.15) is 0 Å². The Bertz CT molecular complexity index is 780. The number of aliphatic hydroxyl groups excluding tert-OH is 1. The number of rotatable bonds is 3. The first kappa shape index (κ1) is 23.3. The molecule has 2 heterocycles. The Hall–Kier alpha value is -1.35. The molecule has 30 heavy (non-hydrogen) atoms. The Morgan fingerprint density at radius 3 is 2.50 bits per heavy atom. The van der Waals surface area contributed by atoms with Gasteiger partial charge >= 0.3 is 6.09 Å². The molecule has 1 aliphatic carbocycles. The maximum Gasteiger partial charge on any atom is 0.410 e. The van der Waals surface area contributed by atoms with Crippen molar-refractivity contribution in [3.63, 3.8) is 0 Å². The van der Waals surface area contributed by atoms with Gasteiger partial charge in [0.2, 0.25) is 0 Å². The number of hydrogen-bond acceptors (Lipinski definition) is 6. The highest BCUT2D eigenvalue weighted by Crippen LogP contribution is 2.52. The van der Waals surface area contributed by atoms with Gasteiger partial charge in [-0.1, -0.05) is 0 Å². The second kappa shape index (κ2) is 8.30. The standard InChI is InChI=1S/C22H35N3O4S/c1-20(2,3)29-19(27)25-9-7-22(8-10-25)12-17-16(11-15(14-26)13-23-17)18(22)24-30(28)21(4,5)6/h11,13,18,24,26H,7-10,12,14H2,1-6H3/t18-,30?/m1/s1. The number of amides is 1. The fourth-order valence-corrected chi connectivity index (χ4v) is 5.15. The molecule has 2 N–H and O–H groups in total. The molecule has 7 nitrogen and oxygen atoms in total. The summed E-state index contributed by atoms with van der Waals surface area (Å²) in [4.78, 5) is 18.9. The van der Waals surface area contributed by atoms with E-state index < -0.39 is 21.7 Å². The van der Waals surface area contributed by atoms with E-state index in [0.29, 0.717) is 13.1 Å². The fourth-order valence-electron chi connectivity index (χ4n) is 4.20. The topological polar surface area (TPSA) is 97.8 Å². The van der Waals surface area contributed by atoms with Crippen LogP contribution in [0.1, 0.15) is 77.2 Å². The van der Waals surface area contributed by atoms with Crippen LogP contribution in [0.15, 0.2) is 12.3 Å². The maximum absolute atomic E-state index is 13.0. The molecule has 1 saturated heterocycles. The van der Waals surface area contributed by atoms with Gasteiger partial charge in [0.15, 0.2) is 0 Å². The molecule has 0 saturated carbocycles. The van der Waals surface area contributed by atoms with Gasteiger partial charge in [0.05, 0.1) is 12.6 Å². The first-order valence-corrected chi connectivity index (χ1v) is 11.7. The summed E-state index contributed by atoms with van der Waals surface area (Å²) in [5, 5.41) is 9.58. The zero-order chi connectivity index (χ0) is 22.3. The summed E-state index contributed by atoms with van der Waals surface area (Å²) in [7, 11) is 0. The molecule has 0 bridgehead atoms. The van der Waals surface area contributed by atoms with E-state index in [1.54, 1.807) is 11.1 Å². The number of aromatic nitrogens is 1. The van der Waals surface area contributed by atoms with Crippen LogP contribution >= 0.6 is 0 Å². The Morgan fingerprint density at radius 2 is 1.97 bits per heavy atom. The van der Waals surface area contributed by atoms with Crippen molar-refractivity contribution in [1.29, 1.82) is 0 Å². The third-order valence-electron chi connectivity index (χ3n) is 5.88. The molecular formula is C22H35N3O4S. The van der Waals surface area contributed by atoms with Gasteiger partial charge < -0.3 is 19.3 Å². The van der Waals surface area contributed by atoms with E-state index >= 15 is 0 Å². The lowest BCUT2D eigenvalue weighted by molar-refractivity contribution is 0.00711. The Kier molecular flexibility index (Phi) is 6.45. The zero-order valence-corrected chi connectivity index (χ0v) is 19.8. The molecule has 3 rings (SSSR count). The van der Waals surface area contributed by atoms with E-state index in [1.807, 2.05) is 47.6 Å². The quantitative estimate of drug-likeness (QED) is 0.705. The highest BCUT2D eigenvalue weighted by Gasteiger charge is 2.51. The van der Waals surface area contributed by atoms with Crippen LogP contribution in [-0.4, -0.2) is 49.1 Å². The number of hydrogen-bond donors (Lipinski definition) is 2. The van der Waals surface area contributed by atoms with E-state index in [1.165, 1.54) is 0 Å². The maximum atomic E-state index is 13.0. The van der Waals surface area contributed by atoms with Crippen LogP contribution in [-0.2, 0) is 29.1 Å². The van der Waals surface area contributed by atoms with Gasteiger partial charge in [-0.25, -0.2) is 4.79 Å². The molecule has 1 amide bonds. The molecule has 1 aromatic rings. The van der Waals surface area contributed by atoms with Gasteiger partial charge in [0, 0.05) is 41.8 Å². The molecule has 168 valence electrons. The van der Waals surface area contributed by atoms with Crippen LogP contribution in [0.2, 0.25) is 0 Å². The second-order valence-corrected chi connectivity index (χ2v) is 12.5. The highest BCUT2D eigenvalue weighted by atomic mass is 32.2. The van der Waals surface area contributed by atoms with E-state index in [0.717, 1.165) is 36.1 Å². The number of piperidine rings is 1. The van der Waals surface area contributed by atoms with Crippen molar-refractivity contribution < 1.29 is 19.2 Å². The molecular weight excluding hydrogens is 402 g/mol. The van der Waals surface area contributed by atoms with E-state index in [2.05, 4.69) is 9.71 Å². The van der Waals surface area contributed by atoms with E-state index in [-0.39, 0.29) is 24.2 Å². The van der Waals surface area contributed by atoms with Crippen LogP contribution in [0.3, 0.4) is 0 Å². The minimum atomic E-state index is -1.25. The van der Waals surface area contributed by atoms with Crippen LogP contribution < -0.4 is 4.72 Å². The molecule has 1 aromatic heterocycles. The number of carbonyl (C=O) groups is 1. The molecule has 1 fully saturated rings. The molecule has 1 unspecified atom stereocenters. The van der Waals surface area contributed by atoms with Gasteiger partial charge in [-0.05, 0) is 78.0 Å². The van der Waals surface area contributed by atoms with Crippen molar-refractivity contribution in [3.05, 3.63) is 29.1 Å². The van der Waals surface area contributed by atoms with Crippen LogP contribution in [0, 0.1) is 5.41 Å². The predicted molar refractivity (Wildman–Crippen MR) is 117 cm³/mol. The number of ether oxygens (including phenoxy) is 1. The zero-order valence-electron chi connectivity index (χ0n) is 18.9. The number of nitrogens with one attached hydrogen (secondary N) is 1. The SMILES string of the molecule is CC(C)(C)OC(=O)N1CCC2(CC1)Cc1ncc(CO)cc1[C@H]2N[S+]([O-])C(C)(C)C. The summed E-state index contributed by atoms with van der Waals surface area (Å²) in [6, 6.07) is 1.85. The lowest BCUT2D eigenvalue weighted by Crippen LogP contribution is -2.51. The summed E-state index contributed by atoms with van der Waals surface area (Å²) >= 11 is -1.25. The molecule has 8 heteroatoms. The van der Waals surface area contributed by atoms with Crippen molar-refractivity contribution in [2.75, 3.05) is 13.1 Å². The third kappa shape index (κ3) is 4.93. The number of fused-ring (bicyclic) bond motifs is 1. The highest BCUT2D eigenvalue weighted by molar-refractivity contribution is 7.90. The Balaban J connectivity index is 1.83. The minimum absolute atomic E-state index is 0.0746. The fraction of sp³-hybridized carbons (Fsp3) is 0.727. The third-order valence-corrected chi connectivity index (χ3v) is 7.44. The summed E-state index contributed by atoms with van der Waals surface area (Å²) in [5.41, 5.74) is 2.08. The van der Waals surface area contributed by atoms with E-state index in [9.17, 15) is 14.5 Å². The lowest BCUT2D eigenvalue weighted by Gasteiger charge is -2.43. The number of pyridine rings is 1. The molecule has 1 spiro atoms. The molecule has 0 aromatic carbocycles. The van der Waals surface area contributed by atoms with Gasteiger partial charge in [0.25, 0.3) is 0 Å². The van der Waals surface area contributed by atoms with Crippen molar-refractivity contribution in [2.24, 2.45) is 5.41 Å². The van der Waals surface area contributed by atoms with Crippen molar-refractivity contribution in [2.45, 2.75) is 83.8 Å². The van der Waals surface area contributed by atoms with Gasteiger partial charge in [-0.3, -0.25) is 4.98 Å². The monoisotopic (exact) mass is 437 g/mol. The van der Waals surface area contributed by atoms with Crippen molar-refractivity contribution in [3.8, 4) is 0 Å². The van der Waals surface area contributed by atoms with Gasteiger partial charge in [0.1, 0.15) is 10.3 Å². The van der Waals surface area contributed by atoms with Crippen LogP contribution in [0.5, 0.6) is 0 Å². The average Bonchev–Trinajstić information content (AvgIpc) is 2.92. The summed E-state index contributed by atoms with van der Waals surface area (Å²) in [6.45, 7) is 12.6. The summed E-state index contributed by atoms with van der Waals surface area (Å²) in [5.74, 6) is 0. The lowest BCUT2D eigenvalue weighted by atomic mass is 9.73. The smallest absolute Gasteiger partial charge is 0.410 e. The molecule has 0 radical (unpaired) electrons. The first-order valence-electron chi connectivity index (χ1n) is 10.6. The van der Waals surface area contributed by atoms with Crippen LogP contribution in [0.4, 0.5) is 4.79 Å². The van der Waals surface area contributed by atoms with Crippen molar-refractivity contribution >= 4 is 17.5 Å². The van der Waals surface area contributed by atoms with Crippen LogP contribution in [0.25, 0.3) is 0 Å². The Labute approximate surface area is 182 Å². The minimum Gasteiger partial charge on any atom is -0.598 e. The number of likely N-dealkylation sites (tertiary alicyclic amines) is 1. The second-order valence-electron chi connectivity index (χ2n) is 10.5. The molecule has 1 aliphatic heterocycles. The first-order chi connectivity index (χ1) is 13.8. The van der Waals surface area contributed by atoms with E-state index in [4.69, 9.17) is 4.74 Å². The van der Waals surface area contributed by atoms with Gasteiger partial charge in [-0.15, -0.1) is 4.72 Å².